The molecule has 0 fully saturated rings. The van der Waals surface area contributed by atoms with Crippen LogP contribution in [0.4, 0.5) is 5.69 Å². The summed E-state index contributed by atoms with van der Waals surface area (Å²) in [4.78, 5) is 10.9. The number of aryl methyl sites for hydroxylation is 1. The maximum atomic E-state index is 10.9. The molecule has 0 aliphatic carbocycles. The van der Waals surface area contributed by atoms with E-state index in [0.29, 0.717) is 23.1 Å². The first-order valence-corrected chi connectivity index (χ1v) is 8.52. The van der Waals surface area contributed by atoms with Gasteiger partial charge >= 0.3 is 0 Å². The number of para-hydroxylation sites is 1. The minimum atomic E-state index is -0.573. The fourth-order valence-electron chi connectivity index (χ4n) is 2.54. The van der Waals surface area contributed by atoms with Gasteiger partial charge < -0.3 is 20.5 Å². The van der Waals surface area contributed by atoms with Gasteiger partial charge in [0.05, 0.1) is 12.1 Å². The Hall–Kier alpha value is -2.40. The second-order valence-corrected chi connectivity index (χ2v) is 6.03. The molecule has 0 saturated heterocycles. The van der Waals surface area contributed by atoms with E-state index in [1.807, 2.05) is 18.2 Å². The molecule has 0 saturated carbocycles. The van der Waals surface area contributed by atoms with Gasteiger partial charge in [-0.1, -0.05) is 43.1 Å². The Balaban J connectivity index is 2.15. The van der Waals surface area contributed by atoms with Gasteiger partial charge in [-0.3, -0.25) is 4.79 Å². The molecule has 0 aliphatic heterocycles. The lowest BCUT2D eigenvalue weighted by atomic mass is 10.1. The minimum Gasteiger partial charge on any atom is -0.493 e. The Morgan fingerprint density at radius 1 is 1.28 bits per heavy atom. The number of carbonyl (C=O) groups excluding carboxylic acids is 1. The van der Waals surface area contributed by atoms with Crippen molar-refractivity contribution in [2.75, 3.05) is 19.0 Å². The maximum Gasteiger partial charge on any atom is 0.255 e. The molecular formula is C19H23ClN2O3. The zero-order valence-corrected chi connectivity index (χ0v) is 15.2. The van der Waals surface area contributed by atoms with E-state index >= 15 is 0 Å². The lowest BCUT2D eigenvalue weighted by molar-refractivity contribution is -0.119. The fourth-order valence-corrected chi connectivity index (χ4v) is 2.82. The number of halogens is 1. The SMILES string of the molecule is CCCc1ccccc1NCc1cc(Cl)c(OCC(N)=O)c(OC)c1. The number of rotatable bonds is 9. The van der Waals surface area contributed by atoms with Crippen LogP contribution < -0.4 is 20.5 Å². The number of ether oxygens (including phenoxy) is 2. The molecule has 25 heavy (non-hydrogen) atoms. The van der Waals surface area contributed by atoms with Crippen molar-refractivity contribution in [3.05, 3.63) is 52.5 Å². The summed E-state index contributed by atoms with van der Waals surface area (Å²) in [5.74, 6) is 0.210. The van der Waals surface area contributed by atoms with E-state index in [1.165, 1.54) is 12.7 Å². The van der Waals surface area contributed by atoms with Crippen LogP contribution in [0.2, 0.25) is 5.02 Å². The third kappa shape index (κ3) is 5.29. The largest absolute Gasteiger partial charge is 0.493 e. The van der Waals surface area contributed by atoms with Gasteiger partial charge in [0.25, 0.3) is 5.91 Å². The third-order valence-corrected chi connectivity index (χ3v) is 3.95. The highest BCUT2D eigenvalue weighted by Gasteiger charge is 2.13. The van der Waals surface area contributed by atoms with Crippen molar-refractivity contribution in [1.29, 1.82) is 0 Å². The van der Waals surface area contributed by atoms with Gasteiger partial charge in [0.1, 0.15) is 0 Å². The van der Waals surface area contributed by atoms with Gasteiger partial charge in [-0.15, -0.1) is 0 Å². The predicted molar refractivity (Wildman–Crippen MR) is 100 cm³/mol. The van der Waals surface area contributed by atoms with Crippen molar-refractivity contribution >= 4 is 23.2 Å². The highest BCUT2D eigenvalue weighted by Crippen LogP contribution is 2.36. The second-order valence-electron chi connectivity index (χ2n) is 5.62. The van der Waals surface area contributed by atoms with Crippen molar-refractivity contribution < 1.29 is 14.3 Å². The zero-order valence-electron chi connectivity index (χ0n) is 14.5. The topological polar surface area (TPSA) is 73.6 Å². The average Bonchev–Trinajstić information content (AvgIpc) is 2.59. The average molecular weight is 363 g/mol. The van der Waals surface area contributed by atoms with Crippen molar-refractivity contribution in [2.45, 2.75) is 26.3 Å². The molecule has 5 nitrogen and oxygen atoms in total. The summed E-state index contributed by atoms with van der Waals surface area (Å²) in [5.41, 5.74) is 8.44. The Morgan fingerprint density at radius 3 is 2.72 bits per heavy atom. The van der Waals surface area contributed by atoms with E-state index in [0.717, 1.165) is 24.1 Å². The molecular weight excluding hydrogens is 340 g/mol. The second kappa shape index (κ2) is 9.18. The molecule has 0 aliphatic rings. The van der Waals surface area contributed by atoms with Crippen molar-refractivity contribution in [3.8, 4) is 11.5 Å². The number of carbonyl (C=O) groups is 1. The lowest BCUT2D eigenvalue weighted by Crippen LogP contribution is -2.20. The number of amides is 1. The molecule has 2 rings (SSSR count). The van der Waals surface area contributed by atoms with E-state index in [4.69, 9.17) is 26.8 Å². The van der Waals surface area contributed by atoms with Gasteiger partial charge in [-0.25, -0.2) is 0 Å². The van der Waals surface area contributed by atoms with E-state index in [1.54, 1.807) is 6.07 Å². The normalized spacial score (nSPS) is 10.4. The Kier molecular flexibility index (Phi) is 6.95. The monoisotopic (exact) mass is 362 g/mol. The van der Waals surface area contributed by atoms with Crippen molar-refractivity contribution in [1.82, 2.24) is 0 Å². The Bertz CT molecular complexity index is 735. The first-order valence-electron chi connectivity index (χ1n) is 8.14. The molecule has 0 bridgehead atoms. The molecule has 0 unspecified atom stereocenters. The van der Waals surface area contributed by atoms with Crippen LogP contribution in [0.5, 0.6) is 11.5 Å². The molecule has 0 spiro atoms. The number of hydrogen-bond donors (Lipinski definition) is 2. The molecule has 2 aromatic carbocycles. The third-order valence-electron chi connectivity index (χ3n) is 3.67. The molecule has 0 heterocycles. The van der Waals surface area contributed by atoms with Gasteiger partial charge in [-0.2, -0.15) is 0 Å². The van der Waals surface area contributed by atoms with Crippen LogP contribution in [-0.4, -0.2) is 19.6 Å². The van der Waals surface area contributed by atoms with E-state index in [2.05, 4.69) is 24.4 Å². The Labute approximate surface area is 153 Å². The van der Waals surface area contributed by atoms with Gasteiger partial charge in [0.2, 0.25) is 0 Å². The minimum absolute atomic E-state index is 0.252. The number of nitrogens with two attached hydrogens (primary N) is 1. The first kappa shape index (κ1) is 18.9. The van der Waals surface area contributed by atoms with Crippen LogP contribution in [0.25, 0.3) is 0 Å². The summed E-state index contributed by atoms with van der Waals surface area (Å²) >= 11 is 6.27. The molecule has 1 amide bonds. The molecule has 0 radical (unpaired) electrons. The number of methoxy groups -OCH3 is 1. The van der Waals surface area contributed by atoms with Crippen LogP contribution in [0.3, 0.4) is 0 Å². The molecule has 0 aromatic heterocycles. The summed E-state index contributed by atoms with van der Waals surface area (Å²) in [5, 5.41) is 3.81. The van der Waals surface area contributed by atoms with Crippen LogP contribution in [0.1, 0.15) is 24.5 Å². The number of hydrogen-bond acceptors (Lipinski definition) is 4. The standard InChI is InChI=1S/C19H23ClN2O3/c1-3-6-14-7-4-5-8-16(14)22-11-13-9-15(20)19(17(10-13)24-2)25-12-18(21)23/h4-5,7-10,22H,3,6,11-12H2,1-2H3,(H2,21,23). The number of primary amides is 1. The molecule has 6 heteroatoms. The maximum absolute atomic E-state index is 10.9. The number of anilines is 1. The van der Waals surface area contributed by atoms with Crippen LogP contribution in [0.15, 0.2) is 36.4 Å². The summed E-state index contributed by atoms with van der Waals surface area (Å²) < 4.78 is 10.7. The summed E-state index contributed by atoms with van der Waals surface area (Å²) in [6, 6.07) is 11.9. The van der Waals surface area contributed by atoms with Gasteiger partial charge in [0, 0.05) is 12.2 Å². The fraction of sp³-hybridized carbons (Fsp3) is 0.316. The molecule has 134 valence electrons. The van der Waals surface area contributed by atoms with E-state index in [-0.39, 0.29) is 6.61 Å². The smallest absolute Gasteiger partial charge is 0.255 e. The highest BCUT2D eigenvalue weighted by molar-refractivity contribution is 6.32. The lowest BCUT2D eigenvalue weighted by Gasteiger charge is -2.15. The van der Waals surface area contributed by atoms with Crippen molar-refractivity contribution in [3.63, 3.8) is 0 Å². The Morgan fingerprint density at radius 2 is 2.04 bits per heavy atom. The first-order chi connectivity index (χ1) is 12.0. The highest BCUT2D eigenvalue weighted by atomic mass is 35.5. The number of nitrogens with one attached hydrogen (secondary N) is 1. The van der Waals surface area contributed by atoms with Crippen molar-refractivity contribution in [2.24, 2.45) is 5.73 Å². The molecule has 3 N–H and O–H groups in total. The summed E-state index contributed by atoms with van der Waals surface area (Å²) in [7, 11) is 1.52. The summed E-state index contributed by atoms with van der Waals surface area (Å²) in [6.45, 7) is 2.50. The molecule has 2 aromatic rings. The van der Waals surface area contributed by atoms with Crippen LogP contribution >= 0.6 is 11.6 Å². The van der Waals surface area contributed by atoms with Crippen LogP contribution in [-0.2, 0) is 17.8 Å². The predicted octanol–water partition coefficient (Wildman–Crippen LogP) is 3.78. The van der Waals surface area contributed by atoms with Gasteiger partial charge in [0.15, 0.2) is 18.1 Å². The molecule has 0 atom stereocenters. The zero-order chi connectivity index (χ0) is 18.2. The summed E-state index contributed by atoms with van der Waals surface area (Å²) in [6.07, 6.45) is 2.11. The van der Waals surface area contributed by atoms with Gasteiger partial charge in [-0.05, 0) is 35.7 Å². The van der Waals surface area contributed by atoms with Crippen LogP contribution in [0, 0.1) is 0 Å². The number of benzene rings is 2. The quantitative estimate of drug-likeness (QED) is 0.712. The van der Waals surface area contributed by atoms with E-state index < -0.39 is 5.91 Å². The van der Waals surface area contributed by atoms with E-state index in [9.17, 15) is 4.79 Å².